The molecule has 3 rings (SSSR count). The van der Waals surface area contributed by atoms with Crippen molar-refractivity contribution in [1.82, 2.24) is 0 Å². The minimum Gasteiger partial charge on any atom is -0.494 e. The number of rotatable bonds is 5. The van der Waals surface area contributed by atoms with Crippen LogP contribution in [-0.4, -0.2) is 41.8 Å². The average molecular weight is 705 g/mol. The van der Waals surface area contributed by atoms with Gasteiger partial charge in [0, 0.05) is 6.42 Å². The van der Waals surface area contributed by atoms with Crippen LogP contribution in [0.4, 0.5) is 0 Å². The number of amidine groups is 1. The first-order valence-electron chi connectivity index (χ1n) is 10.7. The van der Waals surface area contributed by atoms with Crippen LogP contribution in [0, 0.1) is 32.3 Å². The van der Waals surface area contributed by atoms with Gasteiger partial charge >= 0.3 is 0 Å². The molecule has 2 atom stereocenters. The molecule has 1 radical (unpaired) electrons. The fraction of sp³-hybridized carbons (Fsp3) is 0.333. The first-order valence-corrected chi connectivity index (χ1v) is 10.7. The first-order chi connectivity index (χ1) is 15.4. The van der Waals surface area contributed by atoms with E-state index >= 15 is 0 Å². The van der Waals surface area contributed by atoms with E-state index in [9.17, 15) is 0 Å². The van der Waals surface area contributed by atoms with Gasteiger partial charge in [-0.15, -0.1) is 0 Å². The summed E-state index contributed by atoms with van der Waals surface area (Å²) in [4.78, 5) is 3.42. The number of aliphatic imine (C=N–C) groups is 1. The molecule has 2 aromatic rings. The van der Waals surface area contributed by atoms with Crippen molar-refractivity contribution in [2.45, 2.75) is 46.3 Å². The van der Waals surface area contributed by atoms with E-state index in [4.69, 9.17) is 26.9 Å². The number of benzene rings is 2. The van der Waals surface area contributed by atoms with Gasteiger partial charge in [-0.05, 0) is 42.7 Å². The summed E-state index contributed by atoms with van der Waals surface area (Å²) in [5, 5.41) is 8.62. The molecule has 0 amide bonds. The smallest absolute Gasteiger partial charge is 0.124 e. The summed E-state index contributed by atoms with van der Waals surface area (Å²) in [5.41, 5.74) is 9.60. The predicted octanol–water partition coefficient (Wildman–Crippen LogP) is 3.89. The van der Waals surface area contributed by atoms with Crippen molar-refractivity contribution in [3.63, 3.8) is 0 Å². The van der Waals surface area contributed by atoms with Gasteiger partial charge in [-0.1, -0.05) is 49.7 Å². The Morgan fingerprint density at radius 1 is 1.26 bits per heavy atom. The zero-order valence-electron chi connectivity index (χ0n) is 20.3. The van der Waals surface area contributed by atoms with Gasteiger partial charge in [-0.3, -0.25) is 16.8 Å². The maximum absolute atomic E-state index is 8.62. The van der Waals surface area contributed by atoms with Gasteiger partial charge in [0.2, 0.25) is 0 Å². The molecule has 34 heavy (non-hydrogen) atoms. The van der Waals surface area contributed by atoms with E-state index < -0.39 is 6.10 Å². The largest absolute Gasteiger partial charge is 0.494 e. The second kappa shape index (κ2) is 17.3. The van der Waals surface area contributed by atoms with Crippen LogP contribution in [0.2, 0.25) is 0 Å². The Balaban J connectivity index is 0. The molecule has 5 N–H and O–H groups in total. The van der Waals surface area contributed by atoms with Crippen LogP contribution in [-0.2, 0) is 4.74 Å². The number of ether oxygens (including phenoxy) is 2. The van der Waals surface area contributed by atoms with E-state index in [-0.39, 0.29) is 17.4 Å². The minimum atomic E-state index is -0.713. The maximum Gasteiger partial charge on any atom is 0.124 e. The molecule has 1 saturated heterocycles. The Morgan fingerprint density at radius 2 is 1.88 bits per heavy atom. The molecule has 7 heteroatoms. The number of hydrogen-bond donors (Lipinski definition) is 2. The van der Waals surface area contributed by atoms with E-state index in [0.29, 0.717) is 6.61 Å². The van der Waals surface area contributed by atoms with E-state index in [1.807, 2.05) is 32.0 Å². The molecule has 0 spiro atoms. The molecule has 2 unspecified atom stereocenters. The number of hydrogen-bond acceptors (Lipinski definition) is 4. The standard InChI is InChI=1S/C20H19O2.C5H9N2O.C2H6.Es.H2O/c1-3-4-16-5-7-17(8-6-16)18-9-10-20(15(2)13-18)22-19-11-12-21-14-19;1-3-7-5(6)4(2)8;1-2;;/h5-10,13,19H,1,11-12,14H2,2H3;1,3-4,8H,2H3,(H2,6,7);1-2H3;;1H2/q2*-1;;;. The molecule has 0 saturated carbocycles. The fourth-order valence-electron chi connectivity index (χ4n) is 2.79. The van der Waals surface area contributed by atoms with Gasteiger partial charge in [0.05, 0.1) is 13.2 Å². The topological polar surface area (TPSA) is 109 Å². The Bertz CT molecular complexity index is 926. The van der Waals surface area contributed by atoms with Gasteiger partial charge < -0.3 is 32.4 Å². The van der Waals surface area contributed by atoms with Gasteiger partial charge in [-0.25, -0.2) is 0 Å². The third kappa shape index (κ3) is 10.4. The van der Waals surface area contributed by atoms with Crippen LogP contribution in [0.1, 0.15) is 38.3 Å². The Hall–Kier alpha value is -4.24. The summed E-state index contributed by atoms with van der Waals surface area (Å²) in [7, 11) is 0. The summed E-state index contributed by atoms with van der Waals surface area (Å²) >= 11 is 0. The zero-order chi connectivity index (χ0) is 23.9. The van der Waals surface area contributed by atoms with Crippen molar-refractivity contribution < 1.29 is 20.1 Å². The summed E-state index contributed by atoms with van der Waals surface area (Å²) < 4.78 is 11.4. The SMILES string of the molecule is CC.O.[CH-]=CN=C(N)C(C)O.[CH2-]C#Cc1ccc(-c2ccc(OC3CCOC3)c(C)c2)cc1.[Es]. The third-order valence-corrected chi connectivity index (χ3v) is 4.46. The molecular weight excluding hydrogens is 668 g/mol. The summed E-state index contributed by atoms with van der Waals surface area (Å²) in [6.07, 6.45) is 1.48. The molecule has 0 aromatic heterocycles. The van der Waals surface area contributed by atoms with Crippen LogP contribution >= 0.6 is 0 Å². The second-order valence-corrected chi connectivity index (χ2v) is 6.84. The number of aliphatic hydroxyl groups is 1. The van der Waals surface area contributed by atoms with Crippen LogP contribution in [0.5, 0.6) is 5.75 Å². The molecule has 1 aliphatic rings. The Kier molecular flexibility index (Phi) is 16.3. The zero-order valence-corrected chi connectivity index (χ0v) is 22.8. The van der Waals surface area contributed by atoms with E-state index in [0.717, 1.165) is 36.1 Å². The van der Waals surface area contributed by atoms with Crippen LogP contribution in [0.25, 0.3) is 11.1 Å². The first kappa shape index (κ1) is 31.9. The summed E-state index contributed by atoms with van der Waals surface area (Å²) in [6, 6.07) is 14.5. The normalized spacial score (nSPS) is 14.7. The average Bonchev–Trinajstić information content (AvgIpc) is 3.31. The molecule has 1 aliphatic heterocycles. The van der Waals surface area contributed by atoms with Gasteiger partial charge in [0.25, 0.3) is 0 Å². The van der Waals surface area contributed by atoms with Crippen molar-refractivity contribution >= 4 is 5.84 Å². The van der Waals surface area contributed by atoms with E-state index in [1.54, 1.807) is 0 Å². The van der Waals surface area contributed by atoms with E-state index in [2.05, 4.69) is 54.9 Å². The van der Waals surface area contributed by atoms with Crippen molar-refractivity contribution in [3.05, 3.63) is 73.3 Å². The number of nitrogens with two attached hydrogens (primary N) is 1. The molecule has 0 aliphatic carbocycles. The maximum atomic E-state index is 8.62. The molecule has 1 fully saturated rings. The summed E-state index contributed by atoms with van der Waals surface area (Å²) in [6.45, 7) is 17.5. The van der Waals surface area contributed by atoms with Gasteiger partial charge in [-0.2, -0.15) is 13.1 Å². The molecule has 1 heterocycles. The number of aryl methyl sites for hydroxylation is 1. The van der Waals surface area contributed by atoms with Crippen LogP contribution in [0.15, 0.2) is 53.7 Å². The van der Waals surface area contributed by atoms with Gasteiger partial charge in [0.1, 0.15) is 23.8 Å². The van der Waals surface area contributed by atoms with Crippen LogP contribution < -0.4 is 10.5 Å². The van der Waals surface area contributed by atoms with Crippen molar-refractivity contribution in [1.29, 1.82) is 0 Å². The molecule has 2 aromatic carbocycles. The number of aliphatic hydroxyl groups excluding tert-OH is 1. The molecular formula is C27H36EsN2O4-2. The van der Waals surface area contributed by atoms with Crippen LogP contribution in [0.3, 0.4) is 0 Å². The monoisotopic (exact) mass is 704 g/mol. The quantitative estimate of drug-likeness (QED) is 0.213. The Morgan fingerprint density at radius 3 is 2.32 bits per heavy atom. The fourth-order valence-corrected chi connectivity index (χ4v) is 2.79. The third-order valence-electron chi connectivity index (χ3n) is 4.46. The number of nitrogens with zero attached hydrogens (tertiary/aromatic N) is 1. The Labute approximate surface area is 198 Å². The van der Waals surface area contributed by atoms with Crippen molar-refractivity contribution in [2.24, 2.45) is 10.7 Å². The molecule has 191 valence electrons. The molecule has 6 nitrogen and oxygen atoms in total. The second-order valence-electron chi connectivity index (χ2n) is 6.84. The van der Waals surface area contributed by atoms with E-state index in [1.165, 1.54) is 18.1 Å². The molecule has 0 bridgehead atoms. The minimum absolute atomic E-state index is 0. The predicted molar refractivity (Wildman–Crippen MR) is 136 cm³/mol. The van der Waals surface area contributed by atoms with Crippen molar-refractivity contribution in [3.8, 4) is 28.7 Å². The van der Waals surface area contributed by atoms with Gasteiger partial charge in [0.15, 0.2) is 0 Å². The van der Waals surface area contributed by atoms with Crippen molar-refractivity contribution in [2.75, 3.05) is 13.2 Å². The summed E-state index contributed by atoms with van der Waals surface area (Å²) in [5.74, 6) is 6.70.